The molecule has 1 aliphatic rings. The zero-order valence-corrected chi connectivity index (χ0v) is 14.4. The van der Waals surface area contributed by atoms with Gasteiger partial charge < -0.3 is 5.11 Å². The summed E-state index contributed by atoms with van der Waals surface area (Å²) in [5.74, 6) is -1.68. The standard InChI is InChI=1S/C18H15Cl2NO3/c1-10(18(23)24)21-16-5-3-2-4-12(16)13(17(21)22)8-11-6-7-14(19)15(20)9-11/h2-7,9-10,13H,8H2,1H3,(H,23,24). The highest BCUT2D eigenvalue weighted by molar-refractivity contribution is 6.42. The fraction of sp³-hybridized carbons (Fsp3) is 0.222. The lowest BCUT2D eigenvalue weighted by Gasteiger charge is -2.22. The molecule has 0 bridgehead atoms. The number of rotatable bonds is 4. The van der Waals surface area contributed by atoms with Gasteiger partial charge in [0.2, 0.25) is 5.91 Å². The number of hydrogen-bond acceptors (Lipinski definition) is 2. The second-order valence-electron chi connectivity index (χ2n) is 5.79. The number of nitrogens with zero attached hydrogens (tertiary/aromatic N) is 1. The molecule has 0 spiro atoms. The van der Waals surface area contributed by atoms with Crippen molar-refractivity contribution in [3.8, 4) is 0 Å². The van der Waals surface area contributed by atoms with Crippen LogP contribution >= 0.6 is 23.2 Å². The van der Waals surface area contributed by atoms with Gasteiger partial charge in [0, 0.05) is 5.69 Å². The molecule has 0 saturated carbocycles. The molecule has 24 heavy (non-hydrogen) atoms. The quantitative estimate of drug-likeness (QED) is 0.887. The van der Waals surface area contributed by atoms with Crippen LogP contribution in [0.25, 0.3) is 0 Å². The summed E-state index contributed by atoms with van der Waals surface area (Å²) in [7, 11) is 0. The molecule has 0 aromatic heterocycles. The smallest absolute Gasteiger partial charge is 0.326 e. The summed E-state index contributed by atoms with van der Waals surface area (Å²) < 4.78 is 0. The Morgan fingerprint density at radius 2 is 1.92 bits per heavy atom. The molecule has 0 radical (unpaired) electrons. The molecule has 0 saturated heterocycles. The number of hydrogen-bond donors (Lipinski definition) is 1. The minimum atomic E-state index is -1.03. The van der Waals surface area contributed by atoms with E-state index >= 15 is 0 Å². The Hall–Kier alpha value is -2.04. The maximum Gasteiger partial charge on any atom is 0.326 e. The number of para-hydroxylation sites is 1. The van der Waals surface area contributed by atoms with Gasteiger partial charge in [-0.15, -0.1) is 0 Å². The first-order valence-electron chi connectivity index (χ1n) is 7.49. The maximum absolute atomic E-state index is 12.9. The summed E-state index contributed by atoms with van der Waals surface area (Å²) in [6, 6.07) is 11.6. The summed E-state index contributed by atoms with van der Waals surface area (Å²) in [4.78, 5) is 25.6. The summed E-state index contributed by atoms with van der Waals surface area (Å²) in [6.45, 7) is 1.51. The molecule has 2 aromatic carbocycles. The first-order valence-corrected chi connectivity index (χ1v) is 8.24. The van der Waals surface area contributed by atoms with Crippen molar-refractivity contribution in [2.75, 3.05) is 4.90 Å². The van der Waals surface area contributed by atoms with Gasteiger partial charge in [0.15, 0.2) is 0 Å². The number of carboxylic acids is 1. The van der Waals surface area contributed by atoms with Crippen molar-refractivity contribution in [2.24, 2.45) is 0 Å². The number of carbonyl (C=O) groups is 2. The number of halogens is 2. The van der Waals surface area contributed by atoms with Crippen LogP contribution in [-0.2, 0) is 16.0 Å². The van der Waals surface area contributed by atoms with Crippen molar-refractivity contribution >= 4 is 40.8 Å². The molecule has 0 fully saturated rings. The molecule has 6 heteroatoms. The molecule has 0 aliphatic carbocycles. The van der Waals surface area contributed by atoms with E-state index in [0.717, 1.165) is 11.1 Å². The highest BCUT2D eigenvalue weighted by Gasteiger charge is 2.41. The number of carbonyl (C=O) groups excluding carboxylic acids is 1. The van der Waals surface area contributed by atoms with E-state index in [-0.39, 0.29) is 5.91 Å². The van der Waals surface area contributed by atoms with Crippen LogP contribution in [0.15, 0.2) is 42.5 Å². The van der Waals surface area contributed by atoms with E-state index in [0.29, 0.717) is 22.2 Å². The first-order chi connectivity index (χ1) is 11.4. The third-order valence-electron chi connectivity index (χ3n) is 4.28. The molecule has 3 rings (SSSR count). The Labute approximate surface area is 149 Å². The van der Waals surface area contributed by atoms with Crippen LogP contribution < -0.4 is 4.90 Å². The van der Waals surface area contributed by atoms with Crippen molar-refractivity contribution in [2.45, 2.75) is 25.3 Å². The van der Waals surface area contributed by atoms with Crippen molar-refractivity contribution in [3.05, 3.63) is 63.6 Å². The lowest BCUT2D eigenvalue weighted by atomic mass is 9.93. The van der Waals surface area contributed by atoms with Gasteiger partial charge >= 0.3 is 5.97 Å². The lowest BCUT2D eigenvalue weighted by Crippen LogP contribution is -2.42. The zero-order valence-electron chi connectivity index (χ0n) is 12.9. The highest BCUT2D eigenvalue weighted by atomic mass is 35.5. The van der Waals surface area contributed by atoms with Gasteiger partial charge in [0.05, 0.1) is 16.0 Å². The molecule has 1 amide bonds. The lowest BCUT2D eigenvalue weighted by molar-refractivity contribution is -0.139. The van der Waals surface area contributed by atoms with Crippen molar-refractivity contribution < 1.29 is 14.7 Å². The van der Waals surface area contributed by atoms with E-state index in [9.17, 15) is 14.7 Å². The van der Waals surface area contributed by atoms with Crippen LogP contribution in [0.5, 0.6) is 0 Å². The third kappa shape index (κ3) is 2.87. The third-order valence-corrected chi connectivity index (χ3v) is 5.01. The van der Waals surface area contributed by atoms with Gasteiger partial charge in [-0.25, -0.2) is 4.79 Å². The number of fused-ring (bicyclic) bond motifs is 1. The van der Waals surface area contributed by atoms with Crippen molar-refractivity contribution in [1.82, 2.24) is 0 Å². The van der Waals surface area contributed by atoms with Crippen molar-refractivity contribution in [3.63, 3.8) is 0 Å². The van der Waals surface area contributed by atoms with E-state index in [1.165, 1.54) is 11.8 Å². The molecule has 1 aliphatic heterocycles. The minimum Gasteiger partial charge on any atom is -0.480 e. The van der Waals surface area contributed by atoms with E-state index in [2.05, 4.69) is 0 Å². The van der Waals surface area contributed by atoms with Gasteiger partial charge in [-0.05, 0) is 42.7 Å². The number of benzene rings is 2. The van der Waals surface area contributed by atoms with Crippen LogP contribution in [-0.4, -0.2) is 23.0 Å². The van der Waals surface area contributed by atoms with Crippen LogP contribution in [0.3, 0.4) is 0 Å². The molecular weight excluding hydrogens is 349 g/mol. The minimum absolute atomic E-state index is 0.211. The molecule has 2 atom stereocenters. The summed E-state index contributed by atoms with van der Waals surface area (Å²) in [6.07, 6.45) is 0.440. The van der Waals surface area contributed by atoms with E-state index in [4.69, 9.17) is 23.2 Å². The topological polar surface area (TPSA) is 57.6 Å². The Balaban J connectivity index is 1.98. The highest BCUT2D eigenvalue weighted by Crippen LogP contribution is 2.40. The predicted molar refractivity (Wildman–Crippen MR) is 93.9 cm³/mol. The van der Waals surface area contributed by atoms with Crippen molar-refractivity contribution in [1.29, 1.82) is 0 Å². The maximum atomic E-state index is 12.9. The van der Waals surface area contributed by atoms with Crippen LogP contribution in [0.1, 0.15) is 24.0 Å². The predicted octanol–water partition coefficient (Wildman–Crippen LogP) is 4.14. The Kier molecular flexibility index (Phi) is 4.52. The Morgan fingerprint density at radius 1 is 1.21 bits per heavy atom. The largest absolute Gasteiger partial charge is 0.480 e. The summed E-state index contributed by atoms with van der Waals surface area (Å²) in [5, 5.41) is 10.2. The van der Waals surface area contributed by atoms with Crippen LogP contribution in [0.4, 0.5) is 5.69 Å². The normalized spacial score (nSPS) is 17.7. The fourth-order valence-corrected chi connectivity index (χ4v) is 3.35. The summed E-state index contributed by atoms with van der Waals surface area (Å²) in [5.41, 5.74) is 2.37. The van der Waals surface area contributed by atoms with Crippen LogP contribution in [0, 0.1) is 0 Å². The van der Waals surface area contributed by atoms with Gasteiger partial charge in [0.25, 0.3) is 0 Å². The second kappa shape index (κ2) is 6.46. The number of aliphatic carboxylic acids is 1. The molecule has 1 heterocycles. The number of amides is 1. The monoisotopic (exact) mass is 363 g/mol. The number of anilines is 1. The van der Waals surface area contributed by atoms with E-state index in [1.54, 1.807) is 24.3 Å². The van der Waals surface area contributed by atoms with Gasteiger partial charge in [-0.2, -0.15) is 0 Å². The van der Waals surface area contributed by atoms with Crippen LogP contribution in [0.2, 0.25) is 10.0 Å². The Bertz CT molecular complexity index is 822. The van der Waals surface area contributed by atoms with Gasteiger partial charge in [-0.1, -0.05) is 47.5 Å². The second-order valence-corrected chi connectivity index (χ2v) is 6.60. The van der Waals surface area contributed by atoms with E-state index < -0.39 is 17.9 Å². The first kappa shape index (κ1) is 16.8. The molecule has 1 N–H and O–H groups in total. The van der Waals surface area contributed by atoms with Gasteiger partial charge in [-0.3, -0.25) is 9.69 Å². The number of carboxylic acid groups (broad SMARTS) is 1. The molecule has 2 unspecified atom stereocenters. The fourth-order valence-electron chi connectivity index (χ4n) is 3.03. The van der Waals surface area contributed by atoms with E-state index in [1.807, 2.05) is 18.2 Å². The Morgan fingerprint density at radius 3 is 2.58 bits per heavy atom. The zero-order chi connectivity index (χ0) is 17.4. The van der Waals surface area contributed by atoms with Gasteiger partial charge in [0.1, 0.15) is 6.04 Å². The molecule has 124 valence electrons. The molecule has 2 aromatic rings. The summed E-state index contributed by atoms with van der Waals surface area (Å²) >= 11 is 12.0. The SMILES string of the molecule is CC(C(=O)O)N1C(=O)C(Cc2ccc(Cl)c(Cl)c2)c2ccccc21. The average molecular weight is 364 g/mol. The average Bonchev–Trinajstić information content (AvgIpc) is 2.82. The molecular formula is C18H15Cl2NO3. The molecule has 4 nitrogen and oxygen atoms in total.